The predicted octanol–water partition coefficient (Wildman–Crippen LogP) is -1.44. The quantitative estimate of drug-likeness (QED) is 0.174. The van der Waals surface area contributed by atoms with Crippen molar-refractivity contribution in [1.82, 2.24) is 19.6 Å². The number of carbonyl (C=O) groups excluding carboxylic acids is 2. The van der Waals surface area contributed by atoms with E-state index in [0.29, 0.717) is 0 Å². The summed E-state index contributed by atoms with van der Waals surface area (Å²) in [6.45, 7) is 1.99. The highest BCUT2D eigenvalue weighted by molar-refractivity contribution is 8.00. The lowest BCUT2D eigenvalue weighted by molar-refractivity contribution is -0.144. The fourth-order valence-corrected chi connectivity index (χ4v) is 4.35. The van der Waals surface area contributed by atoms with Crippen molar-refractivity contribution in [3.05, 3.63) is 17.6 Å². The maximum Gasteiger partial charge on any atom is 0.334 e. The number of amides is 2. The summed E-state index contributed by atoms with van der Waals surface area (Å²) in [5, 5.41) is 14.9. The second-order valence-corrected chi connectivity index (χ2v) is 8.02. The van der Waals surface area contributed by atoms with Crippen molar-refractivity contribution in [3.8, 4) is 0 Å². The van der Waals surface area contributed by atoms with Crippen LogP contribution < -0.4 is 16.8 Å². The topological polar surface area (TPSA) is 186 Å². The van der Waals surface area contributed by atoms with Crippen LogP contribution in [0.15, 0.2) is 16.9 Å². The van der Waals surface area contributed by atoms with Gasteiger partial charge in [-0.3, -0.25) is 9.59 Å². The lowest BCUT2D eigenvalue weighted by atomic mass is 10.1. The normalized spacial score (nSPS) is 24.1. The number of aromatic nitrogens is 2. The molecule has 0 saturated carbocycles. The molecule has 1 aromatic rings. The van der Waals surface area contributed by atoms with Crippen LogP contribution in [0.25, 0.3) is 0 Å². The molecule has 0 aliphatic carbocycles. The number of hydrogen-bond acceptors (Lipinski definition) is 11. The molecule has 0 aromatic carbocycles. The van der Waals surface area contributed by atoms with Gasteiger partial charge in [0.15, 0.2) is 5.13 Å². The zero-order valence-corrected chi connectivity index (χ0v) is 16.2. The summed E-state index contributed by atoms with van der Waals surface area (Å²) in [6, 6.07) is -0.845. The number of carboxylic acid groups (broad SMARTS) is 1. The van der Waals surface area contributed by atoms with Crippen molar-refractivity contribution in [3.63, 3.8) is 0 Å². The number of nitrogen functional groups attached to an aromatic ring is 1. The minimum absolute atomic E-state index is 0.0293. The second kappa shape index (κ2) is 8.12. The Hall–Kier alpha value is -2.71. The Morgan fingerprint density at radius 3 is 2.86 bits per heavy atom. The summed E-state index contributed by atoms with van der Waals surface area (Å²) >= 11 is 2.15. The third-order valence-corrected chi connectivity index (χ3v) is 5.89. The molecule has 3 rings (SSSR count). The van der Waals surface area contributed by atoms with E-state index < -0.39 is 29.2 Å². The number of fused-ring (bicyclic) bond motifs is 1. The van der Waals surface area contributed by atoms with Gasteiger partial charge in [-0.25, -0.2) is 4.79 Å². The van der Waals surface area contributed by atoms with Crippen molar-refractivity contribution in [2.24, 2.45) is 10.9 Å². The summed E-state index contributed by atoms with van der Waals surface area (Å²) in [7, 11) is 0. The number of carbonyl (C=O) groups is 3. The lowest BCUT2D eigenvalue weighted by Crippen LogP contribution is -2.69. The molecule has 1 aromatic heterocycles. The van der Waals surface area contributed by atoms with Crippen molar-refractivity contribution >= 4 is 51.9 Å². The number of carboxylic acids is 1. The minimum atomic E-state index is -1.09. The molecular weight excluding hydrogens is 410 g/mol. The third-order valence-electron chi connectivity index (χ3n) is 3.91. The molecule has 3 heterocycles. The number of thioether (sulfide) groups is 1. The van der Waals surface area contributed by atoms with Gasteiger partial charge in [-0.2, -0.15) is 9.36 Å². The average Bonchev–Trinajstić information content (AvgIpc) is 3.08. The molecule has 0 radical (unpaired) electrons. The van der Waals surface area contributed by atoms with Crippen molar-refractivity contribution < 1.29 is 24.3 Å². The van der Waals surface area contributed by atoms with Gasteiger partial charge >= 0.3 is 5.97 Å². The van der Waals surface area contributed by atoms with E-state index in [4.69, 9.17) is 16.3 Å². The maximum absolute atomic E-state index is 12.7. The van der Waals surface area contributed by atoms with Gasteiger partial charge in [0, 0.05) is 29.5 Å². The van der Waals surface area contributed by atoms with Crippen molar-refractivity contribution in [2.75, 3.05) is 18.9 Å². The van der Waals surface area contributed by atoms with E-state index in [0.717, 1.165) is 11.5 Å². The first-order chi connectivity index (χ1) is 13.3. The number of nitrogens with zero attached hydrogens (tertiary/aromatic N) is 4. The maximum atomic E-state index is 12.7. The molecule has 1 saturated heterocycles. The molecule has 28 heavy (non-hydrogen) atoms. The van der Waals surface area contributed by atoms with Crippen LogP contribution in [0.4, 0.5) is 5.13 Å². The molecular formula is C14H17N7O5S2. The molecule has 0 bridgehead atoms. The fourth-order valence-electron chi connectivity index (χ4n) is 2.55. The Morgan fingerprint density at radius 2 is 2.25 bits per heavy atom. The Morgan fingerprint density at radius 1 is 1.50 bits per heavy atom. The second-order valence-electron chi connectivity index (χ2n) is 5.77. The van der Waals surface area contributed by atoms with Crippen LogP contribution >= 0.6 is 23.3 Å². The van der Waals surface area contributed by atoms with Crippen molar-refractivity contribution in [2.45, 2.75) is 23.6 Å². The standard InChI is InChI=1S/C14H17N7O5S2/c1-5-6(13(24)25)4-21-11(23)8(12(21)27-5)17-10(22)7(19-26-3-2-15)9-18-14(16)28-20-9/h4-5,8,12H,2-3,15H2,1H3,(H,17,22)(H,24,25)(H2,16,18,20)/t5?,8?,12-/m1/s1. The lowest BCUT2D eigenvalue weighted by Gasteiger charge is -2.48. The van der Waals surface area contributed by atoms with Gasteiger partial charge in [-0.1, -0.05) is 5.16 Å². The van der Waals surface area contributed by atoms with E-state index in [9.17, 15) is 19.5 Å². The van der Waals surface area contributed by atoms with Crippen LogP contribution in [0.2, 0.25) is 0 Å². The molecule has 3 atom stereocenters. The zero-order chi connectivity index (χ0) is 20.4. The van der Waals surface area contributed by atoms with E-state index in [2.05, 4.69) is 19.8 Å². The van der Waals surface area contributed by atoms with E-state index in [1.807, 2.05) is 0 Å². The molecule has 0 spiro atoms. The first-order valence-electron chi connectivity index (χ1n) is 8.06. The Labute approximate surface area is 167 Å². The van der Waals surface area contributed by atoms with Crippen LogP contribution in [0, 0.1) is 0 Å². The number of hydrogen-bond donors (Lipinski definition) is 4. The predicted molar refractivity (Wildman–Crippen MR) is 101 cm³/mol. The third kappa shape index (κ3) is 3.79. The molecule has 150 valence electrons. The highest BCUT2D eigenvalue weighted by Crippen LogP contribution is 2.40. The van der Waals surface area contributed by atoms with Gasteiger partial charge in [0.2, 0.25) is 11.5 Å². The zero-order valence-electron chi connectivity index (χ0n) is 14.6. The smallest absolute Gasteiger partial charge is 0.334 e. The van der Waals surface area contributed by atoms with Gasteiger partial charge in [0.1, 0.15) is 18.0 Å². The number of nitrogens with two attached hydrogens (primary N) is 2. The molecule has 6 N–H and O–H groups in total. The number of nitrogens with one attached hydrogen (secondary N) is 1. The van der Waals surface area contributed by atoms with Crippen LogP contribution in [0.5, 0.6) is 0 Å². The van der Waals surface area contributed by atoms with E-state index in [1.54, 1.807) is 6.92 Å². The van der Waals surface area contributed by atoms with E-state index >= 15 is 0 Å². The van der Waals surface area contributed by atoms with Gasteiger partial charge in [0.05, 0.1) is 5.57 Å². The van der Waals surface area contributed by atoms with Gasteiger partial charge in [-0.15, -0.1) is 11.8 Å². The molecule has 2 unspecified atom stereocenters. The Balaban J connectivity index is 1.75. The summed E-state index contributed by atoms with van der Waals surface area (Å²) in [6.07, 6.45) is 1.31. The van der Waals surface area contributed by atoms with Crippen LogP contribution in [0.3, 0.4) is 0 Å². The highest BCUT2D eigenvalue weighted by atomic mass is 32.2. The van der Waals surface area contributed by atoms with Crippen LogP contribution in [0.1, 0.15) is 12.7 Å². The van der Waals surface area contributed by atoms with E-state index in [1.165, 1.54) is 22.9 Å². The van der Waals surface area contributed by atoms with Crippen molar-refractivity contribution in [1.29, 1.82) is 0 Å². The largest absolute Gasteiger partial charge is 0.478 e. The monoisotopic (exact) mass is 427 g/mol. The van der Waals surface area contributed by atoms with Crippen LogP contribution in [-0.4, -0.2) is 72.7 Å². The summed E-state index contributed by atoms with van der Waals surface area (Å²) in [4.78, 5) is 46.4. The van der Waals surface area contributed by atoms with Gasteiger partial charge in [0.25, 0.3) is 11.8 Å². The van der Waals surface area contributed by atoms with E-state index in [-0.39, 0.29) is 40.6 Å². The molecule has 2 aliphatic heterocycles. The first kappa shape index (κ1) is 20.0. The number of oxime groups is 1. The molecule has 1 fully saturated rings. The minimum Gasteiger partial charge on any atom is -0.478 e. The van der Waals surface area contributed by atoms with Gasteiger partial charge in [-0.05, 0) is 6.92 Å². The summed E-state index contributed by atoms with van der Waals surface area (Å²) in [5.74, 6) is -2.26. The summed E-state index contributed by atoms with van der Waals surface area (Å²) in [5.41, 5.74) is 10.8. The fraction of sp³-hybridized carbons (Fsp3) is 0.429. The molecule has 2 aliphatic rings. The van der Waals surface area contributed by atoms with Crippen LogP contribution in [-0.2, 0) is 19.2 Å². The number of rotatable bonds is 7. The number of β-lactam (4-membered cyclic amide) rings is 1. The highest BCUT2D eigenvalue weighted by Gasteiger charge is 2.52. The molecule has 12 nitrogen and oxygen atoms in total. The Bertz CT molecular complexity index is 870. The number of aliphatic carboxylic acids is 1. The number of anilines is 1. The van der Waals surface area contributed by atoms with Gasteiger partial charge < -0.3 is 31.6 Å². The molecule has 2 amide bonds. The summed E-state index contributed by atoms with van der Waals surface area (Å²) < 4.78 is 3.94. The first-order valence-corrected chi connectivity index (χ1v) is 9.78. The average molecular weight is 427 g/mol. The Kier molecular flexibility index (Phi) is 5.81. The molecule has 14 heteroatoms. The SMILES string of the molecule is CC1S[C@@H]2C(NC(=O)C(=NOCCN)c3nsc(N)n3)C(=O)N2C=C1C(=O)O.